The van der Waals surface area contributed by atoms with Crippen molar-refractivity contribution in [2.45, 2.75) is 0 Å². The third-order valence-electron chi connectivity index (χ3n) is 3.88. The number of hydrogen-bond acceptors (Lipinski definition) is 4. The summed E-state index contributed by atoms with van der Waals surface area (Å²) in [6.45, 7) is 0. The van der Waals surface area contributed by atoms with Gasteiger partial charge in [0.15, 0.2) is 0 Å². The Morgan fingerprint density at radius 3 is 2.83 bits per heavy atom. The molecule has 0 spiro atoms. The third-order valence-corrected chi connectivity index (χ3v) is 3.88. The first-order chi connectivity index (χ1) is 11.8. The molecule has 0 fully saturated rings. The number of methoxy groups -OCH3 is 1. The van der Waals surface area contributed by atoms with E-state index >= 15 is 0 Å². The lowest BCUT2D eigenvalue weighted by atomic mass is 10.1. The zero-order chi connectivity index (χ0) is 16.4. The smallest absolute Gasteiger partial charge is 0.134 e. The number of rotatable bonds is 4. The second-order valence-corrected chi connectivity index (χ2v) is 5.39. The lowest BCUT2D eigenvalue weighted by molar-refractivity contribution is 0.416. The van der Waals surface area contributed by atoms with Crippen molar-refractivity contribution in [2.24, 2.45) is 0 Å². The molecule has 4 aromatic rings. The van der Waals surface area contributed by atoms with Crippen LogP contribution in [0, 0.1) is 0 Å². The molecule has 0 aliphatic heterocycles. The first-order valence-corrected chi connectivity index (χ1v) is 7.63. The molecule has 0 saturated carbocycles. The normalized spacial score (nSPS) is 10.7. The molecule has 5 heteroatoms. The molecule has 0 aliphatic rings. The number of para-hydroxylation sites is 1. The Labute approximate surface area is 139 Å². The predicted octanol–water partition coefficient (Wildman–Crippen LogP) is 4.38. The number of ether oxygens (including phenoxy) is 1. The van der Waals surface area contributed by atoms with Gasteiger partial charge >= 0.3 is 0 Å². The number of aromatic amines is 1. The van der Waals surface area contributed by atoms with Gasteiger partial charge < -0.3 is 15.0 Å². The molecule has 0 bridgehead atoms. The lowest BCUT2D eigenvalue weighted by Crippen LogP contribution is -1.96. The largest absolute Gasteiger partial charge is 0.496 e. The summed E-state index contributed by atoms with van der Waals surface area (Å²) < 4.78 is 5.41. The van der Waals surface area contributed by atoms with Gasteiger partial charge in [-0.1, -0.05) is 12.1 Å². The van der Waals surface area contributed by atoms with Gasteiger partial charge in [0, 0.05) is 34.4 Å². The van der Waals surface area contributed by atoms with Crippen LogP contribution in [0.5, 0.6) is 5.75 Å². The summed E-state index contributed by atoms with van der Waals surface area (Å²) in [5.41, 5.74) is 3.84. The maximum atomic E-state index is 5.41. The van der Waals surface area contributed by atoms with Crippen LogP contribution in [0.2, 0.25) is 0 Å². The third kappa shape index (κ3) is 2.67. The van der Waals surface area contributed by atoms with Crippen LogP contribution in [0.4, 0.5) is 11.5 Å². The standard InChI is InChI=1S/C19H16N4O/c1-24-18-5-3-2-4-15(18)17-11-19(22-12-21-17)23-14-6-7-16-13(10-14)8-9-20-16/h2-12,20H,1H3,(H,21,22,23). The SMILES string of the molecule is COc1ccccc1-c1cc(Nc2ccc3[nH]ccc3c2)ncn1. The second kappa shape index (κ2) is 6.04. The molecule has 2 aromatic heterocycles. The van der Waals surface area contributed by atoms with Crippen molar-refractivity contribution in [3.8, 4) is 17.0 Å². The quantitative estimate of drug-likeness (QED) is 0.586. The molecule has 5 nitrogen and oxygen atoms in total. The summed E-state index contributed by atoms with van der Waals surface area (Å²) in [5.74, 6) is 1.52. The van der Waals surface area contributed by atoms with Crippen molar-refractivity contribution < 1.29 is 4.74 Å². The van der Waals surface area contributed by atoms with E-state index in [1.165, 1.54) is 0 Å². The zero-order valence-electron chi connectivity index (χ0n) is 13.2. The topological polar surface area (TPSA) is 62.8 Å². The van der Waals surface area contributed by atoms with Gasteiger partial charge in [-0.05, 0) is 36.4 Å². The minimum absolute atomic E-state index is 0.737. The van der Waals surface area contributed by atoms with Gasteiger partial charge in [0.25, 0.3) is 0 Å². The van der Waals surface area contributed by atoms with E-state index in [4.69, 9.17) is 4.74 Å². The van der Waals surface area contributed by atoms with E-state index in [1.807, 2.05) is 54.7 Å². The van der Waals surface area contributed by atoms with Gasteiger partial charge in [-0.3, -0.25) is 0 Å². The Kier molecular flexibility index (Phi) is 3.59. The van der Waals surface area contributed by atoms with Crippen LogP contribution < -0.4 is 10.1 Å². The fraction of sp³-hybridized carbons (Fsp3) is 0.0526. The van der Waals surface area contributed by atoms with Gasteiger partial charge in [-0.25, -0.2) is 9.97 Å². The fourth-order valence-electron chi connectivity index (χ4n) is 2.71. The van der Waals surface area contributed by atoms with Crippen LogP contribution in [0.25, 0.3) is 22.2 Å². The molecule has 4 rings (SSSR count). The molecule has 2 heterocycles. The highest BCUT2D eigenvalue weighted by Crippen LogP contribution is 2.29. The van der Waals surface area contributed by atoms with Gasteiger partial charge in [0.2, 0.25) is 0 Å². The lowest BCUT2D eigenvalue weighted by Gasteiger charge is -2.10. The van der Waals surface area contributed by atoms with Crippen LogP contribution in [0.15, 0.2) is 67.1 Å². The Morgan fingerprint density at radius 1 is 1.00 bits per heavy atom. The highest BCUT2D eigenvalue weighted by Gasteiger charge is 2.08. The molecule has 0 aliphatic carbocycles. The maximum absolute atomic E-state index is 5.41. The molecule has 0 radical (unpaired) electrons. The molecule has 118 valence electrons. The molecule has 0 atom stereocenters. The summed E-state index contributed by atoms with van der Waals surface area (Å²) in [7, 11) is 1.66. The molecular formula is C19H16N4O. The van der Waals surface area contributed by atoms with Crippen molar-refractivity contribution in [2.75, 3.05) is 12.4 Å². The monoisotopic (exact) mass is 316 g/mol. The average Bonchev–Trinajstić information content (AvgIpc) is 3.10. The van der Waals surface area contributed by atoms with E-state index in [1.54, 1.807) is 13.4 Å². The van der Waals surface area contributed by atoms with Crippen molar-refractivity contribution in [1.82, 2.24) is 15.0 Å². The van der Waals surface area contributed by atoms with E-state index in [2.05, 4.69) is 26.3 Å². The first kappa shape index (κ1) is 14.3. The Morgan fingerprint density at radius 2 is 1.92 bits per heavy atom. The van der Waals surface area contributed by atoms with Crippen LogP contribution in [0.3, 0.4) is 0 Å². The van der Waals surface area contributed by atoms with E-state index in [0.29, 0.717) is 0 Å². The highest BCUT2D eigenvalue weighted by molar-refractivity contribution is 5.84. The second-order valence-electron chi connectivity index (χ2n) is 5.39. The number of benzene rings is 2. The van der Waals surface area contributed by atoms with Crippen molar-refractivity contribution in [1.29, 1.82) is 0 Å². The fourth-order valence-corrected chi connectivity index (χ4v) is 2.71. The van der Waals surface area contributed by atoms with Crippen LogP contribution in [0.1, 0.15) is 0 Å². The van der Waals surface area contributed by atoms with Crippen molar-refractivity contribution >= 4 is 22.4 Å². The number of H-pyrrole nitrogens is 1. The minimum Gasteiger partial charge on any atom is -0.496 e. The number of fused-ring (bicyclic) bond motifs is 1. The van der Waals surface area contributed by atoms with E-state index < -0.39 is 0 Å². The molecular weight excluding hydrogens is 300 g/mol. The summed E-state index contributed by atoms with van der Waals surface area (Å²) >= 11 is 0. The van der Waals surface area contributed by atoms with Crippen LogP contribution in [-0.4, -0.2) is 22.1 Å². The molecule has 0 saturated heterocycles. The van der Waals surface area contributed by atoms with Gasteiger partial charge in [0.05, 0.1) is 12.8 Å². The highest BCUT2D eigenvalue weighted by atomic mass is 16.5. The van der Waals surface area contributed by atoms with Crippen molar-refractivity contribution in [3.05, 3.63) is 67.1 Å². The molecule has 0 unspecified atom stereocenters. The number of anilines is 2. The van der Waals surface area contributed by atoms with Gasteiger partial charge in [-0.2, -0.15) is 0 Å². The summed E-state index contributed by atoms with van der Waals surface area (Å²) in [6.07, 6.45) is 3.48. The summed E-state index contributed by atoms with van der Waals surface area (Å²) in [4.78, 5) is 11.9. The van der Waals surface area contributed by atoms with E-state index in [0.717, 1.165) is 39.4 Å². The van der Waals surface area contributed by atoms with Gasteiger partial charge in [0.1, 0.15) is 17.9 Å². The number of aromatic nitrogens is 3. The number of nitrogens with zero attached hydrogens (tertiary/aromatic N) is 2. The average molecular weight is 316 g/mol. The predicted molar refractivity (Wildman–Crippen MR) is 95.6 cm³/mol. The van der Waals surface area contributed by atoms with E-state index in [-0.39, 0.29) is 0 Å². The van der Waals surface area contributed by atoms with Crippen LogP contribution in [-0.2, 0) is 0 Å². The summed E-state index contributed by atoms with van der Waals surface area (Å²) in [5, 5.41) is 4.48. The Hall–Kier alpha value is -3.34. The summed E-state index contributed by atoms with van der Waals surface area (Å²) in [6, 6.07) is 17.9. The van der Waals surface area contributed by atoms with Gasteiger partial charge in [-0.15, -0.1) is 0 Å². The maximum Gasteiger partial charge on any atom is 0.134 e. The Balaban J connectivity index is 1.67. The molecule has 0 amide bonds. The number of nitrogens with one attached hydrogen (secondary N) is 2. The van der Waals surface area contributed by atoms with Crippen LogP contribution >= 0.6 is 0 Å². The molecule has 24 heavy (non-hydrogen) atoms. The zero-order valence-corrected chi connectivity index (χ0v) is 13.2. The van der Waals surface area contributed by atoms with E-state index in [9.17, 15) is 0 Å². The van der Waals surface area contributed by atoms with Crippen molar-refractivity contribution in [3.63, 3.8) is 0 Å². The number of hydrogen-bond donors (Lipinski definition) is 2. The minimum atomic E-state index is 0.737. The molecule has 2 N–H and O–H groups in total. The Bertz CT molecular complexity index is 993. The molecule has 2 aromatic carbocycles. The first-order valence-electron chi connectivity index (χ1n) is 7.63.